The maximum absolute atomic E-state index is 3.49. The predicted molar refractivity (Wildman–Crippen MR) is 60.3 cm³/mol. The lowest BCUT2D eigenvalue weighted by Gasteiger charge is -2.18. The average molecular weight is 195 g/mol. The third kappa shape index (κ3) is 3.52. The van der Waals surface area contributed by atoms with E-state index in [1.165, 1.54) is 5.69 Å². The van der Waals surface area contributed by atoms with E-state index >= 15 is 0 Å². The molecule has 0 aliphatic rings. The summed E-state index contributed by atoms with van der Waals surface area (Å²) in [6.07, 6.45) is 2.08. The van der Waals surface area contributed by atoms with Gasteiger partial charge >= 0.3 is 0 Å². The van der Waals surface area contributed by atoms with E-state index in [0.717, 1.165) is 13.1 Å². The van der Waals surface area contributed by atoms with Crippen LogP contribution in [0.5, 0.6) is 0 Å². The summed E-state index contributed by atoms with van der Waals surface area (Å²) in [7, 11) is 6.27. The van der Waals surface area contributed by atoms with Gasteiger partial charge in [0.2, 0.25) is 0 Å². The largest absolute Gasteiger partial charge is 0.353 e. The highest BCUT2D eigenvalue weighted by Crippen LogP contribution is 1.99. The first kappa shape index (κ1) is 11.3. The van der Waals surface area contributed by atoms with Gasteiger partial charge in [-0.05, 0) is 33.2 Å². The molecule has 0 fully saturated rings. The molecular weight excluding hydrogens is 174 g/mol. The van der Waals surface area contributed by atoms with E-state index in [2.05, 4.69) is 61.2 Å². The standard InChI is InChI=1S/C11H21N3/c1-10(9-13(2)3)12-8-11-6-5-7-14(11)4/h5-7,10,12H,8-9H2,1-4H3. The molecule has 1 N–H and O–H groups in total. The van der Waals surface area contributed by atoms with Gasteiger partial charge in [0, 0.05) is 38.1 Å². The highest BCUT2D eigenvalue weighted by atomic mass is 15.1. The molecule has 0 saturated carbocycles. The normalized spacial score (nSPS) is 13.5. The summed E-state index contributed by atoms with van der Waals surface area (Å²) in [5, 5.41) is 3.49. The van der Waals surface area contributed by atoms with Gasteiger partial charge in [-0.3, -0.25) is 0 Å². The number of nitrogens with zero attached hydrogens (tertiary/aromatic N) is 2. The third-order valence-electron chi connectivity index (χ3n) is 2.32. The molecule has 3 heteroatoms. The topological polar surface area (TPSA) is 20.2 Å². The van der Waals surface area contributed by atoms with Crippen LogP contribution >= 0.6 is 0 Å². The second-order valence-electron chi connectivity index (χ2n) is 4.15. The molecule has 0 saturated heterocycles. The molecule has 0 spiro atoms. The molecule has 0 amide bonds. The molecule has 0 aliphatic heterocycles. The van der Waals surface area contributed by atoms with Crippen molar-refractivity contribution in [3.8, 4) is 0 Å². The summed E-state index contributed by atoms with van der Waals surface area (Å²) in [5.41, 5.74) is 1.33. The highest BCUT2D eigenvalue weighted by Gasteiger charge is 2.03. The van der Waals surface area contributed by atoms with Gasteiger partial charge in [0.1, 0.15) is 0 Å². The van der Waals surface area contributed by atoms with Gasteiger partial charge in [0.15, 0.2) is 0 Å². The van der Waals surface area contributed by atoms with Crippen LogP contribution < -0.4 is 5.32 Å². The van der Waals surface area contributed by atoms with E-state index in [1.807, 2.05) is 0 Å². The van der Waals surface area contributed by atoms with Crippen LogP contribution in [-0.4, -0.2) is 36.1 Å². The molecule has 1 aromatic heterocycles. The number of likely N-dealkylation sites (N-methyl/N-ethyl adjacent to an activating group) is 1. The lowest BCUT2D eigenvalue weighted by molar-refractivity contribution is 0.347. The second kappa shape index (κ2) is 5.17. The van der Waals surface area contributed by atoms with Crippen molar-refractivity contribution in [2.45, 2.75) is 19.5 Å². The van der Waals surface area contributed by atoms with Crippen LogP contribution in [0.4, 0.5) is 0 Å². The lowest BCUT2D eigenvalue weighted by Crippen LogP contribution is -2.35. The van der Waals surface area contributed by atoms with Crippen molar-refractivity contribution >= 4 is 0 Å². The van der Waals surface area contributed by atoms with Crippen molar-refractivity contribution in [1.82, 2.24) is 14.8 Å². The summed E-state index contributed by atoms with van der Waals surface area (Å²) in [6.45, 7) is 4.23. The van der Waals surface area contributed by atoms with Crippen molar-refractivity contribution in [2.75, 3.05) is 20.6 Å². The molecule has 80 valence electrons. The molecule has 0 aromatic carbocycles. The summed E-state index contributed by atoms with van der Waals surface area (Å²) in [5.74, 6) is 0. The van der Waals surface area contributed by atoms with Crippen molar-refractivity contribution in [3.63, 3.8) is 0 Å². The molecule has 0 aliphatic carbocycles. The summed E-state index contributed by atoms with van der Waals surface area (Å²) in [6, 6.07) is 4.75. The van der Waals surface area contributed by atoms with Crippen LogP contribution in [0.1, 0.15) is 12.6 Å². The van der Waals surface area contributed by atoms with Crippen LogP contribution in [0.2, 0.25) is 0 Å². The summed E-state index contributed by atoms with van der Waals surface area (Å²) in [4.78, 5) is 2.20. The number of nitrogens with one attached hydrogen (secondary N) is 1. The third-order valence-corrected chi connectivity index (χ3v) is 2.32. The Morgan fingerprint density at radius 3 is 2.71 bits per heavy atom. The zero-order valence-electron chi connectivity index (χ0n) is 9.62. The quantitative estimate of drug-likeness (QED) is 0.758. The minimum atomic E-state index is 0.528. The van der Waals surface area contributed by atoms with Gasteiger partial charge in [-0.1, -0.05) is 0 Å². The Labute approximate surface area is 86.7 Å². The van der Waals surface area contributed by atoms with Crippen LogP contribution in [0.3, 0.4) is 0 Å². The molecule has 0 bridgehead atoms. The Kier molecular flexibility index (Phi) is 4.17. The van der Waals surface area contributed by atoms with Gasteiger partial charge in [-0.2, -0.15) is 0 Å². The number of hydrogen-bond acceptors (Lipinski definition) is 2. The maximum Gasteiger partial charge on any atom is 0.0361 e. The van der Waals surface area contributed by atoms with Crippen molar-refractivity contribution < 1.29 is 0 Å². The van der Waals surface area contributed by atoms with Crippen LogP contribution in [0.15, 0.2) is 18.3 Å². The van der Waals surface area contributed by atoms with Crippen LogP contribution in [0.25, 0.3) is 0 Å². The molecule has 1 unspecified atom stereocenters. The van der Waals surface area contributed by atoms with E-state index in [0.29, 0.717) is 6.04 Å². The van der Waals surface area contributed by atoms with Crippen molar-refractivity contribution in [2.24, 2.45) is 7.05 Å². The van der Waals surface area contributed by atoms with Crippen LogP contribution in [-0.2, 0) is 13.6 Å². The van der Waals surface area contributed by atoms with Gasteiger partial charge in [0.05, 0.1) is 0 Å². The first-order valence-electron chi connectivity index (χ1n) is 5.08. The minimum Gasteiger partial charge on any atom is -0.353 e. The summed E-state index contributed by atoms with van der Waals surface area (Å²) >= 11 is 0. The lowest BCUT2D eigenvalue weighted by atomic mass is 10.3. The molecule has 1 aromatic rings. The van der Waals surface area contributed by atoms with Gasteiger partial charge in [0.25, 0.3) is 0 Å². The van der Waals surface area contributed by atoms with E-state index in [9.17, 15) is 0 Å². The Morgan fingerprint density at radius 1 is 1.50 bits per heavy atom. The predicted octanol–water partition coefficient (Wildman–Crippen LogP) is 1.06. The molecule has 1 atom stereocenters. The van der Waals surface area contributed by atoms with Crippen molar-refractivity contribution in [1.29, 1.82) is 0 Å². The van der Waals surface area contributed by atoms with E-state index < -0.39 is 0 Å². The number of aryl methyl sites for hydroxylation is 1. The van der Waals surface area contributed by atoms with E-state index in [-0.39, 0.29) is 0 Å². The van der Waals surface area contributed by atoms with Gasteiger partial charge in [-0.25, -0.2) is 0 Å². The van der Waals surface area contributed by atoms with Crippen molar-refractivity contribution in [3.05, 3.63) is 24.0 Å². The Bertz CT molecular complexity index is 265. The number of rotatable bonds is 5. The maximum atomic E-state index is 3.49. The smallest absolute Gasteiger partial charge is 0.0361 e. The van der Waals surface area contributed by atoms with Crippen LogP contribution in [0, 0.1) is 0 Å². The molecule has 1 heterocycles. The van der Waals surface area contributed by atoms with E-state index in [1.54, 1.807) is 0 Å². The van der Waals surface area contributed by atoms with E-state index in [4.69, 9.17) is 0 Å². The first-order chi connectivity index (χ1) is 6.59. The zero-order chi connectivity index (χ0) is 10.6. The Hall–Kier alpha value is -0.800. The second-order valence-corrected chi connectivity index (χ2v) is 4.15. The summed E-state index contributed by atoms with van der Waals surface area (Å²) < 4.78 is 2.15. The minimum absolute atomic E-state index is 0.528. The number of aromatic nitrogens is 1. The molecule has 0 radical (unpaired) electrons. The fourth-order valence-corrected chi connectivity index (χ4v) is 1.57. The molecular formula is C11H21N3. The fourth-order valence-electron chi connectivity index (χ4n) is 1.57. The first-order valence-corrected chi connectivity index (χ1v) is 5.08. The van der Waals surface area contributed by atoms with Gasteiger partial charge in [-0.15, -0.1) is 0 Å². The highest BCUT2D eigenvalue weighted by molar-refractivity contribution is 5.06. The SMILES string of the molecule is CC(CN(C)C)NCc1cccn1C. The average Bonchev–Trinajstić information content (AvgIpc) is 2.46. The van der Waals surface area contributed by atoms with Gasteiger partial charge < -0.3 is 14.8 Å². The Balaban J connectivity index is 2.30. The molecule has 3 nitrogen and oxygen atoms in total. The molecule has 1 rings (SSSR count). The monoisotopic (exact) mass is 195 g/mol. The Morgan fingerprint density at radius 2 is 2.21 bits per heavy atom. The number of hydrogen-bond donors (Lipinski definition) is 1. The fraction of sp³-hybridized carbons (Fsp3) is 0.636. The molecule has 14 heavy (non-hydrogen) atoms. The zero-order valence-corrected chi connectivity index (χ0v) is 9.62.